The minimum atomic E-state index is -0.922. The lowest BCUT2D eigenvalue weighted by atomic mass is 10.1. The number of hydrogen-bond acceptors (Lipinski definition) is 1. The Bertz CT molecular complexity index is 205. The molecule has 2 heteroatoms. The lowest BCUT2D eigenvalue weighted by Crippen LogP contribution is -1.95. The largest absolute Gasteiger partial charge is 0.0975 e. The fourth-order valence-corrected chi connectivity index (χ4v) is 4.69. The van der Waals surface area contributed by atoms with E-state index in [-0.39, 0.29) is 0 Å². The molecule has 0 aliphatic carbocycles. The molecule has 0 nitrogen and oxygen atoms in total. The Labute approximate surface area is 121 Å². The molecule has 0 rings (SSSR count). The Morgan fingerprint density at radius 2 is 1.00 bits per heavy atom. The smallest absolute Gasteiger partial charge is 0.0235 e. The van der Waals surface area contributed by atoms with Crippen molar-refractivity contribution < 1.29 is 0 Å². The lowest BCUT2D eigenvalue weighted by molar-refractivity contribution is 0.563. The summed E-state index contributed by atoms with van der Waals surface area (Å²) < 4.78 is 0. The van der Waals surface area contributed by atoms with Crippen molar-refractivity contribution in [1.82, 2.24) is 0 Å². The molecule has 0 aliphatic heterocycles. The standard InChI is InChI=1S/C16H35PS/c1-4-7-8-9-10-11-12-13-14-15-16-17(18,5-2)6-3/h4-16H2,1-3H3. The van der Waals surface area contributed by atoms with Gasteiger partial charge in [-0.05, 0) is 30.9 Å². The Kier molecular flexibility index (Phi) is 13.1. The highest BCUT2D eigenvalue weighted by Gasteiger charge is 2.10. The molecule has 0 aromatic carbocycles. The Morgan fingerprint density at radius 1 is 0.611 bits per heavy atom. The van der Waals surface area contributed by atoms with Crippen molar-refractivity contribution in [3.63, 3.8) is 0 Å². The van der Waals surface area contributed by atoms with Crippen molar-refractivity contribution in [1.29, 1.82) is 0 Å². The molecule has 0 aromatic heterocycles. The van der Waals surface area contributed by atoms with Crippen LogP contribution < -0.4 is 0 Å². The van der Waals surface area contributed by atoms with Crippen LogP contribution in [0.3, 0.4) is 0 Å². The molecule has 0 N–H and O–H groups in total. The molecule has 0 heterocycles. The summed E-state index contributed by atoms with van der Waals surface area (Å²) >= 11 is 5.78. The van der Waals surface area contributed by atoms with E-state index in [1.807, 2.05) is 0 Å². The van der Waals surface area contributed by atoms with Crippen LogP contribution in [-0.2, 0) is 11.8 Å². The second kappa shape index (κ2) is 12.7. The zero-order chi connectivity index (χ0) is 13.7. The summed E-state index contributed by atoms with van der Waals surface area (Å²) in [5.41, 5.74) is 0. The van der Waals surface area contributed by atoms with E-state index >= 15 is 0 Å². The maximum absolute atomic E-state index is 5.78. The number of unbranched alkanes of at least 4 members (excludes halogenated alkanes) is 9. The summed E-state index contributed by atoms with van der Waals surface area (Å²) in [6, 6.07) is -0.922. The topological polar surface area (TPSA) is 0 Å². The van der Waals surface area contributed by atoms with Gasteiger partial charge in [-0.2, -0.15) is 0 Å². The van der Waals surface area contributed by atoms with Crippen LogP contribution >= 0.6 is 6.04 Å². The summed E-state index contributed by atoms with van der Waals surface area (Å²) in [5, 5.41) is 0. The maximum atomic E-state index is 5.78. The monoisotopic (exact) mass is 290 g/mol. The molecule has 0 saturated carbocycles. The summed E-state index contributed by atoms with van der Waals surface area (Å²) in [5.74, 6) is 0. The van der Waals surface area contributed by atoms with E-state index < -0.39 is 6.04 Å². The van der Waals surface area contributed by atoms with Crippen molar-refractivity contribution >= 4 is 17.8 Å². The first-order chi connectivity index (χ1) is 8.68. The predicted molar refractivity (Wildman–Crippen MR) is 92.1 cm³/mol. The normalized spacial score (nSPS) is 11.9. The molecular formula is C16H35PS. The molecule has 0 radical (unpaired) electrons. The van der Waals surface area contributed by atoms with Crippen LogP contribution in [0.25, 0.3) is 0 Å². The van der Waals surface area contributed by atoms with Crippen LogP contribution in [0.1, 0.15) is 85.0 Å². The van der Waals surface area contributed by atoms with Gasteiger partial charge in [0.1, 0.15) is 0 Å². The molecule has 0 spiro atoms. The van der Waals surface area contributed by atoms with Gasteiger partial charge in [0.15, 0.2) is 0 Å². The van der Waals surface area contributed by atoms with Gasteiger partial charge in [-0.1, -0.05) is 90.4 Å². The molecular weight excluding hydrogens is 255 g/mol. The van der Waals surface area contributed by atoms with E-state index in [1.165, 1.54) is 82.7 Å². The Hall–Kier alpha value is 0.650. The van der Waals surface area contributed by atoms with Crippen molar-refractivity contribution in [2.75, 3.05) is 18.5 Å². The first-order valence-electron chi connectivity index (χ1n) is 8.25. The molecule has 0 bridgehead atoms. The SMILES string of the molecule is CCCCCCCCCCCCP(=S)(CC)CC. The number of hydrogen-bond donors (Lipinski definition) is 0. The summed E-state index contributed by atoms with van der Waals surface area (Å²) in [4.78, 5) is 0. The van der Waals surface area contributed by atoms with Gasteiger partial charge in [-0.15, -0.1) is 0 Å². The van der Waals surface area contributed by atoms with Crippen LogP contribution in [0.4, 0.5) is 0 Å². The van der Waals surface area contributed by atoms with Crippen molar-refractivity contribution in [2.45, 2.75) is 85.0 Å². The van der Waals surface area contributed by atoms with Gasteiger partial charge in [-0.25, -0.2) is 0 Å². The van der Waals surface area contributed by atoms with Gasteiger partial charge in [0, 0.05) is 0 Å². The summed E-state index contributed by atoms with van der Waals surface area (Å²) in [6.45, 7) is 6.87. The van der Waals surface area contributed by atoms with E-state index in [2.05, 4.69) is 20.8 Å². The van der Waals surface area contributed by atoms with E-state index in [1.54, 1.807) is 0 Å². The predicted octanol–water partition coefficient (Wildman–Crippen LogP) is 6.43. The van der Waals surface area contributed by atoms with E-state index in [9.17, 15) is 0 Å². The third-order valence-corrected chi connectivity index (χ3v) is 9.61. The van der Waals surface area contributed by atoms with E-state index in [0.29, 0.717) is 0 Å². The highest BCUT2D eigenvalue weighted by atomic mass is 32.4. The Balaban J connectivity index is 3.23. The minimum Gasteiger partial charge on any atom is -0.0975 e. The minimum absolute atomic E-state index is 0.922. The average molecular weight is 290 g/mol. The maximum Gasteiger partial charge on any atom is -0.0235 e. The highest BCUT2D eigenvalue weighted by Crippen LogP contribution is 2.45. The van der Waals surface area contributed by atoms with Gasteiger partial charge in [0.05, 0.1) is 0 Å². The van der Waals surface area contributed by atoms with Crippen LogP contribution in [0.15, 0.2) is 0 Å². The fourth-order valence-electron chi connectivity index (χ4n) is 2.43. The van der Waals surface area contributed by atoms with Gasteiger partial charge >= 0.3 is 0 Å². The highest BCUT2D eigenvalue weighted by molar-refractivity contribution is 8.14. The van der Waals surface area contributed by atoms with Crippen LogP contribution in [0.5, 0.6) is 0 Å². The van der Waals surface area contributed by atoms with Crippen LogP contribution in [0.2, 0.25) is 0 Å². The third-order valence-electron chi connectivity index (χ3n) is 4.07. The van der Waals surface area contributed by atoms with Gasteiger partial charge in [0.2, 0.25) is 0 Å². The molecule has 0 atom stereocenters. The van der Waals surface area contributed by atoms with Gasteiger partial charge in [0.25, 0.3) is 0 Å². The molecule has 0 saturated heterocycles. The molecule has 0 aromatic rings. The van der Waals surface area contributed by atoms with Crippen molar-refractivity contribution in [3.8, 4) is 0 Å². The first kappa shape index (κ1) is 18.7. The Morgan fingerprint density at radius 3 is 1.39 bits per heavy atom. The molecule has 0 aliphatic rings. The fraction of sp³-hybridized carbons (Fsp3) is 1.00. The van der Waals surface area contributed by atoms with Gasteiger partial charge in [-0.3, -0.25) is 0 Å². The van der Waals surface area contributed by atoms with Crippen molar-refractivity contribution in [2.24, 2.45) is 0 Å². The van der Waals surface area contributed by atoms with E-state index in [0.717, 1.165) is 0 Å². The molecule has 0 amide bonds. The van der Waals surface area contributed by atoms with Crippen molar-refractivity contribution in [3.05, 3.63) is 0 Å². The van der Waals surface area contributed by atoms with Gasteiger partial charge < -0.3 is 0 Å². The van der Waals surface area contributed by atoms with E-state index in [4.69, 9.17) is 11.8 Å². The van der Waals surface area contributed by atoms with Crippen LogP contribution in [-0.4, -0.2) is 18.5 Å². The zero-order valence-corrected chi connectivity index (χ0v) is 14.8. The summed E-state index contributed by atoms with van der Waals surface area (Å²) in [6.07, 6.45) is 18.2. The average Bonchev–Trinajstić information content (AvgIpc) is 2.40. The lowest BCUT2D eigenvalue weighted by Gasteiger charge is -2.17. The second-order valence-electron chi connectivity index (χ2n) is 5.60. The second-order valence-corrected chi connectivity index (χ2v) is 11.7. The zero-order valence-electron chi connectivity index (χ0n) is 13.0. The van der Waals surface area contributed by atoms with Crippen LogP contribution in [0, 0.1) is 0 Å². The summed E-state index contributed by atoms with van der Waals surface area (Å²) in [7, 11) is 0. The molecule has 110 valence electrons. The molecule has 0 unspecified atom stereocenters. The molecule has 18 heavy (non-hydrogen) atoms. The third kappa shape index (κ3) is 10.6. The quantitative estimate of drug-likeness (QED) is 0.278. The number of rotatable bonds is 13. The molecule has 0 fully saturated rings. The first-order valence-corrected chi connectivity index (χ1v) is 11.6.